The van der Waals surface area contributed by atoms with Gasteiger partial charge in [-0.25, -0.2) is 4.98 Å². The van der Waals surface area contributed by atoms with E-state index < -0.39 is 0 Å². The maximum atomic E-state index is 12.4. The van der Waals surface area contributed by atoms with Gasteiger partial charge in [-0.05, 0) is 53.2 Å². The molecule has 1 aromatic carbocycles. The molecule has 0 saturated carbocycles. The summed E-state index contributed by atoms with van der Waals surface area (Å²) in [6.07, 6.45) is 3.33. The topological polar surface area (TPSA) is 66.1 Å². The summed E-state index contributed by atoms with van der Waals surface area (Å²) >= 11 is 4.96. The van der Waals surface area contributed by atoms with E-state index in [2.05, 4.69) is 25.9 Å². The highest BCUT2D eigenvalue weighted by atomic mass is 79.9. The molecule has 1 N–H and O–H groups in total. The van der Waals surface area contributed by atoms with Gasteiger partial charge >= 0.3 is 0 Å². The van der Waals surface area contributed by atoms with Crippen molar-refractivity contribution in [3.63, 3.8) is 0 Å². The standard InChI is InChI=1S/C18H16BrN3O2S/c1-2-22(17(23)10-8-12-7-9-15(19)25-12)11-16-20-14-6-4-3-5-13(14)18(24)21-16/h3-10H,2,11H2,1H3,(H,20,21,24). The van der Waals surface area contributed by atoms with Crippen LogP contribution in [0.15, 0.2) is 51.1 Å². The minimum absolute atomic E-state index is 0.122. The fourth-order valence-corrected chi connectivity index (χ4v) is 3.74. The Labute approximate surface area is 157 Å². The van der Waals surface area contributed by atoms with Crippen LogP contribution in [-0.4, -0.2) is 27.3 Å². The molecule has 0 spiro atoms. The molecule has 2 heterocycles. The number of fused-ring (bicyclic) bond motifs is 1. The smallest absolute Gasteiger partial charge is 0.258 e. The summed E-state index contributed by atoms with van der Waals surface area (Å²) in [4.78, 5) is 34.4. The Hall–Kier alpha value is -2.25. The number of benzene rings is 1. The van der Waals surface area contributed by atoms with Crippen molar-refractivity contribution < 1.29 is 4.79 Å². The molecule has 0 saturated heterocycles. The van der Waals surface area contributed by atoms with Crippen molar-refractivity contribution in [2.24, 2.45) is 0 Å². The summed E-state index contributed by atoms with van der Waals surface area (Å²) in [5, 5.41) is 0.545. The van der Waals surface area contributed by atoms with Crippen LogP contribution < -0.4 is 5.56 Å². The van der Waals surface area contributed by atoms with E-state index in [-0.39, 0.29) is 18.0 Å². The lowest BCUT2D eigenvalue weighted by atomic mass is 10.2. The molecular formula is C18H16BrN3O2S. The van der Waals surface area contributed by atoms with E-state index in [0.29, 0.717) is 23.3 Å². The van der Waals surface area contributed by atoms with Crippen LogP contribution in [0.2, 0.25) is 0 Å². The van der Waals surface area contributed by atoms with Gasteiger partial charge in [0, 0.05) is 17.5 Å². The highest BCUT2D eigenvalue weighted by Crippen LogP contribution is 2.23. The Balaban J connectivity index is 1.78. The third kappa shape index (κ3) is 4.24. The van der Waals surface area contributed by atoms with E-state index in [0.717, 1.165) is 8.66 Å². The number of aromatic amines is 1. The first kappa shape index (κ1) is 17.6. The molecule has 5 nitrogen and oxygen atoms in total. The van der Waals surface area contributed by atoms with Crippen molar-refractivity contribution in [2.45, 2.75) is 13.5 Å². The molecule has 128 valence electrons. The lowest BCUT2D eigenvalue weighted by molar-refractivity contribution is -0.126. The van der Waals surface area contributed by atoms with Gasteiger partial charge in [-0.1, -0.05) is 12.1 Å². The Bertz CT molecular complexity index is 993. The number of halogens is 1. The molecule has 0 radical (unpaired) electrons. The third-order valence-electron chi connectivity index (χ3n) is 3.68. The summed E-state index contributed by atoms with van der Waals surface area (Å²) in [6.45, 7) is 2.67. The zero-order chi connectivity index (χ0) is 17.8. The van der Waals surface area contributed by atoms with Gasteiger partial charge in [0.05, 0.1) is 21.2 Å². The number of carbonyl (C=O) groups excluding carboxylic acids is 1. The molecule has 3 aromatic rings. The summed E-state index contributed by atoms with van der Waals surface area (Å²) in [6, 6.07) is 11.0. The first-order valence-corrected chi connectivity index (χ1v) is 9.38. The maximum Gasteiger partial charge on any atom is 0.258 e. The molecular weight excluding hydrogens is 402 g/mol. The Morgan fingerprint density at radius 3 is 2.84 bits per heavy atom. The number of likely N-dealkylation sites (N-methyl/N-ethyl adjacent to an activating group) is 1. The number of aromatic nitrogens is 2. The molecule has 25 heavy (non-hydrogen) atoms. The summed E-state index contributed by atoms with van der Waals surface area (Å²) < 4.78 is 1.02. The van der Waals surface area contributed by atoms with E-state index in [9.17, 15) is 9.59 Å². The van der Waals surface area contributed by atoms with Gasteiger partial charge in [-0.3, -0.25) is 9.59 Å². The van der Waals surface area contributed by atoms with Crippen molar-refractivity contribution in [1.82, 2.24) is 14.9 Å². The van der Waals surface area contributed by atoms with Crippen molar-refractivity contribution in [3.05, 3.63) is 67.3 Å². The summed E-state index contributed by atoms with van der Waals surface area (Å²) in [5.74, 6) is 0.356. The van der Waals surface area contributed by atoms with Crippen LogP contribution in [0.25, 0.3) is 17.0 Å². The number of nitrogens with zero attached hydrogens (tertiary/aromatic N) is 2. The van der Waals surface area contributed by atoms with Crippen molar-refractivity contribution in [2.75, 3.05) is 6.54 Å². The average molecular weight is 418 g/mol. The van der Waals surface area contributed by atoms with Crippen LogP contribution in [0.3, 0.4) is 0 Å². The highest BCUT2D eigenvalue weighted by Gasteiger charge is 2.12. The first-order valence-electron chi connectivity index (χ1n) is 7.77. The number of hydrogen-bond acceptors (Lipinski definition) is 4. The van der Waals surface area contributed by atoms with Crippen LogP contribution in [0.5, 0.6) is 0 Å². The van der Waals surface area contributed by atoms with Gasteiger partial charge in [0.25, 0.3) is 5.56 Å². The van der Waals surface area contributed by atoms with Gasteiger partial charge in [0.2, 0.25) is 5.91 Å². The zero-order valence-electron chi connectivity index (χ0n) is 13.5. The molecule has 0 bridgehead atoms. The summed E-state index contributed by atoms with van der Waals surface area (Å²) in [5.41, 5.74) is 0.437. The van der Waals surface area contributed by atoms with Crippen molar-refractivity contribution in [1.29, 1.82) is 0 Å². The number of thiophene rings is 1. The van der Waals surface area contributed by atoms with Gasteiger partial charge in [-0.2, -0.15) is 0 Å². The monoisotopic (exact) mass is 417 g/mol. The molecule has 2 aromatic heterocycles. The van der Waals surface area contributed by atoms with E-state index in [1.165, 1.54) is 0 Å². The Morgan fingerprint density at radius 1 is 1.32 bits per heavy atom. The Morgan fingerprint density at radius 2 is 2.12 bits per heavy atom. The molecule has 1 amide bonds. The normalized spacial score (nSPS) is 11.3. The quantitative estimate of drug-likeness (QED) is 0.641. The SMILES string of the molecule is CCN(Cc1nc2ccccc2c(=O)[nH]1)C(=O)C=Cc1ccc(Br)s1. The van der Waals surface area contributed by atoms with E-state index in [1.807, 2.05) is 25.1 Å². The Kier molecular flexibility index (Phi) is 5.45. The minimum atomic E-state index is -0.192. The lowest BCUT2D eigenvalue weighted by Gasteiger charge is -2.18. The van der Waals surface area contributed by atoms with Gasteiger partial charge < -0.3 is 9.88 Å². The van der Waals surface area contributed by atoms with Crippen LogP contribution in [0.1, 0.15) is 17.6 Å². The van der Waals surface area contributed by atoms with Crippen LogP contribution >= 0.6 is 27.3 Å². The molecule has 0 fully saturated rings. The predicted molar refractivity (Wildman–Crippen MR) is 105 cm³/mol. The maximum absolute atomic E-state index is 12.4. The number of para-hydroxylation sites is 1. The lowest BCUT2D eigenvalue weighted by Crippen LogP contribution is -2.30. The van der Waals surface area contributed by atoms with Crippen LogP contribution in [0.4, 0.5) is 0 Å². The summed E-state index contributed by atoms with van der Waals surface area (Å²) in [7, 11) is 0. The zero-order valence-corrected chi connectivity index (χ0v) is 15.9. The molecule has 0 aliphatic heterocycles. The molecule has 3 rings (SSSR count). The van der Waals surface area contributed by atoms with Gasteiger partial charge in [0.15, 0.2) is 0 Å². The number of nitrogens with one attached hydrogen (secondary N) is 1. The number of amides is 1. The molecule has 0 aliphatic carbocycles. The predicted octanol–water partition coefficient (Wildman–Crippen LogP) is 3.81. The first-order chi connectivity index (χ1) is 12.1. The number of rotatable bonds is 5. The number of H-pyrrole nitrogens is 1. The third-order valence-corrected chi connectivity index (χ3v) is 5.27. The van der Waals surface area contributed by atoms with Crippen LogP contribution in [0, 0.1) is 0 Å². The van der Waals surface area contributed by atoms with Gasteiger partial charge in [0.1, 0.15) is 5.82 Å². The largest absolute Gasteiger partial charge is 0.332 e. The fraction of sp³-hybridized carbons (Fsp3) is 0.167. The number of hydrogen-bond donors (Lipinski definition) is 1. The fourth-order valence-electron chi connectivity index (χ4n) is 2.41. The van der Waals surface area contributed by atoms with Crippen molar-refractivity contribution in [3.8, 4) is 0 Å². The molecule has 7 heteroatoms. The van der Waals surface area contributed by atoms with E-state index in [1.54, 1.807) is 46.6 Å². The second-order valence-electron chi connectivity index (χ2n) is 5.36. The highest BCUT2D eigenvalue weighted by molar-refractivity contribution is 9.11. The van der Waals surface area contributed by atoms with E-state index in [4.69, 9.17) is 0 Å². The van der Waals surface area contributed by atoms with Gasteiger partial charge in [-0.15, -0.1) is 11.3 Å². The van der Waals surface area contributed by atoms with E-state index >= 15 is 0 Å². The minimum Gasteiger partial charge on any atom is -0.332 e. The molecule has 0 aliphatic rings. The molecule has 0 unspecified atom stereocenters. The second-order valence-corrected chi connectivity index (χ2v) is 7.85. The number of carbonyl (C=O) groups is 1. The average Bonchev–Trinajstić information content (AvgIpc) is 3.03. The second kappa shape index (κ2) is 7.76. The van der Waals surface area contributed by atoms with Crippen LogP contribution in [-0.2, 0) is 11.3 Å². The molecule has 0 atom stereocenters. The van der Waals surface area contributed by atoms with Crippen molar-refractivity contribution >= 4 is 50.2 Å².